The number of rotatable bonds is 6. The van der Waals surface area contributed by atoms with Crippen LogP contribution < -0.4 is 9.47 Å². The van der Waals surface area contributed by atoms with Crippen LogP contribution in [0, 0.1) is 0 Å². The summed E-state index contributed by atoms with van der Waals surface area (Å²) in [6.45, 7) is 0.539. The molecule has 0 saturated carbocycles. The second-order valence-electron chi connectivity index (χ2n) is 6.86. The Bertz CT molecular complexity index is 1060. The van der Waals surface area contributed by atoms with E-state index in [0.717, 1.165) is 29.8 Å². The van der Waals surface area contributed by atoms with Gasteiger partial charge in [-0.25, -0.2) is 8.42 Å². The van der Waals surface area contributed by atoms with Crippen LogP contribution in [0.2, 0.25) is 0 Å². The molecule has 172 valence electrons. The maximum Gasteiger partial charge on any atom is 0.573 e. The number of amides is 1. The van der Waals surface area contributed by atoms with Crippen molar-refractivity contribution in [1.82, 2.24) is 9.21 Å². The fourth-order valence-corrected chi connectivity index (χ4v) is 4.52. The normalized spacial score (nSPS) is 15.7. The van der Waals surface area contributed by atoms with Crippen LogP contribution in [0.25, 0.3) is 6.08 Å². The Hall–Kier alpha value is -3.05. The van der Waals surface area contributed by atoms with Gasteiger partial charge < -0.3 is 14.4 Å². The van der Waals surface area contributed by atoms with Crippen molar-refractivity contribution in [2.24, 2.45) is 0 Å². The predicted octanol–water partition coefficient (Wildman–Crippen LogP) is 3.14. The van der Waals surface area contributed by atoms with Gasteiger partial charge in [0, 0.05) is 32.3 Å². The smallest absolute Gasteiger partial charge is 0.497 e. The van der Waals surface area contributed by atoms with E-state index in [0.29, 0.717) is 5.75 Å². The van der Waals surface area contributed by atoms with Gasteiger partial charge in [0.25, 0.3) is 0 Å². The zero-order valence-electron chi connectivity index (χ0n) is 17.1. The summed E-state index contributed by atoms with van der Waals surface area (Å²) in [6.07, 6.45) is -1.77. The molecule has 2 aromatic rings. The highest BCUT2D eigenvalue weighted by Crippen LogP contribution is 2.25. The maximum absolute atomic E-state index is 12.8. The minimum Gasteiger partial charge on any atom is -0.497 e. The van der Waals surface area contributed by atoms with Crippen molar-refractivity contribution in [2.75, 3.05) is 33.3 Å². The van der Waals surface area contributed by atoms with Gasteiger partial charge in [0.2, 0.25) is 15.9 Å². The zero-order chi connectivity index (χ0) is 23.4. The second-order valence-corrected chi connectivity index (χ2v) is 8.79. The van der Waals surface area contributed by atoms with Gasteiger partial charge in [-0.1, -0.05) is 12.1 Å². The van der Waals surface area contributed by atoms with Crippen LogP contribution >= 0.6 is 0 Å². The summed E-state index contributed by atoms with van der Waals surface area (Å²) >= 11 is 0. The average molecular weight is 470 g/mol. The highest BCUT2D eigenvalue weighted by atomic mass is 32.2. The largest absolute Gasteiger partial charge is 0.573 e. The summed E-state index contributed by atoms with van der Waals surface area (Å²) < 4.78 is 72.3. The molecule has 11 heteroatoms. The molecule has 3 rings (SSSR count). The molecule has 1 heterocycles. The van der Waals surface area contributed by atoms with E-state index in [9.17, 15) is 26.4 Å². The molecule has 0 N–H and O–H groups in total. The minimum absolute atomic E-state index is 0.0747. The van der Waals surface area contributed by atoms with E-state index in [4.69, 9.17) is 4.74 Å². The van der Waals surface area contributed by atoms with Crippen molar-refractivity contribution in [3.05, 3.63) is 60.2 Å². The van der Waals surface area contributed by atoms with Gasteiger partial charge in [0.15, 0.2) is 0 Å². The van der Waals surface area contributed by atoms with E-state index in [1.54, 1.807) is 37.5 Å². The second kappa shape index (κ2) is 9.61. The number of benzene rings is 2. The van der Waals surface area contributed by atoms with Crippen LogP contribution in [0.4, 0.5) is 13.2 Å². The van der Waals surface area contributed by atoms with E-state index in [-0.39, 0.29) is 37.0 Å². The van der Waals surface area contributed by atoms with Crippen LogP contribution in [0.3, 0.4) is 0 Å². The number of alkyl halides is 3. The van der Waals surface area contributed by atoms with Gasteiger partial charge >= 0.3 is 6.36 Å². The summed E-state index contributed by atoms with van der Waals surface area (Å²) in [7, 11) is -2.34. The molecular weight excluding hydrogens is 449 g/mol. The van der Waals surface area contributed by atoms with Crippen molar-refractivity contribution in [3.8, 4) is 11.5 Å². The quantitative estimate of drug-likeness (QED) is 0.607. The number of halogens is 3. The summed E-state index contributed by atoms with van der Waals surface area (Å²) in [5.41, 5.74) is 0.818. The highest BCUT2D eigenvalue weighted by molar-refractivity contribution is 7.89. The molecule has 2 aromatic carbocycles. The average Bonchev–Trinajstić information content (AvgIpc) is 2.77. The van der Waals surface area contributed by atoms with Crippen molar-refractivity contribution < 1.29 is 35.9 Å². The van der Waals surface area contributed by atoms with Crippen LogP contribution in [0.1, 0.15) is 5.56 Å². The number of methoxy groups -OCH3 is 1. The third-order valence-corrected chi connectivity index (χ3v) is 6.69. The number of ether oxygens (including phenoxy) is 2. The molecule has 32 heavy (non-hydrogen) atoms. The highest BCUT2D eigenvalue weighted by Gasteiger charge is 2.32. The number of carbonyl (C=O) groups excluding carboxylic acids is 1. The number of piperazine rings is 1. The van der Waals surface area contributed by atoms with E-state index in [1.165, 1.54) is 15.3 Å². The first-order valence-electron chi connectivity index (χ1n) is 9.55. The van der Waals surface area contributed by atoms with Crippen molar-refractivity contribution in [1.29, 1.82) is 0 Å². The molecule has 0 spiro atoms. The molecule has 0 radical (unpaired) electrons. The lowest BCUT2D eigenvalue weighted by atomic mass is 10.2. The summed E-state index contributed by atoms with van der Waals surface area (Å²) in [5, 5.41) is 0. The number of hydrogen-bond donors (Lipinski definition) is 0. The Kier molecular flexibility index (Phi) is 7.09. The van der Waals surface area contributed by atoms with Crippen LogP contribution in [-0.2, 0) is 14.8 Å². The zero-order valence-corrected chi connectivity index (χ0v) is 17.9. The Morgan fingerprint density at radius 1 is 0.938 bits per heavy atom. The van der Waals surface area contributed by atoms with E-state index in [1.807, 2.05) is 0 Å². The molecule has 0 bridgehead atoms. The van der Waals surface area contributed by atoms with Crippen molar-refractivity contribution >= 4 is 22.0 Å². The Balaban J connectivity index is 1.58. The molecule has 0 atom stereocenters. The molecule has 0 aromatic heterocycles. The molecular formula is C21H21F3N2O5S. The predicted molar refractivity (Wildman–Crippen MR) is 110 cm³/mol. The SMILES string of the molecule is COc1ccc(C=CC(=O)N2CCN(S(=O)(=O)c3ccc(OC(F)(F)F)cc3)CC2)cc1. The topological polar surface area (TPSA) is 76.2 Å². The maximum atomic E-state index is 12.8. The number of hydrogen-bond acceptors (Lipinski definition) is 5. The first-order chi connectivity index (χ1) is 15.1. The van der Waals surface area contributed by atoms with Gasteiger partial charge in [-0.2, -0.15) is 4.31 Å². The minimum atomic E-state index is -4.86. The van der Waals surface area contributed by atoms with Crippen LogP contribution in [0.15, 0.2) is 59.5 Å². The number of carbonyl (C=O) groups is 1. The van der Waals surface area contributed by atoms with Crippen LogP contribution in [0.5, 0.6) is 11.5 Å². The molecule has 1 aliphatic rings. The molecule has 0 unspecified atom stereocenters. The Labute approximate surface area is 183 Å². The van der Waals surface area contributed by atoms with E-state index < -0.39 is 22.1 Å². The molecule has 1 saturated heterocycles. The van der Waals surface area contributed by atoms with Gasteiger partial charge in [-0.3, -0.25) is 4.79 Å². The lowest BCUT2D eigenvalue weighted by Gasteiger charge is -2.33. The van der Waals surface area contributed by atoms with Gasteiger partial charge in [-0.15, -0.1) is 13.2 Å². The standard InChI is InChI=1S/C21H21F3N2O5S/c1-30-17-5-2-16(3-6-17)4-11-20(27)25-12-14-26(15-13-25)32(28,29)19-9-7-18(8-10-19)31-21(22,23)24/h2-11H,12-15H2,1H3. The fourth-order valence-electron chi connectivity index (χ4n) is 3.10. The first kappa shape index (κ1) is 23.6. The van der Waals surface area contributed by atoms with Gasteiger partial charge in [-0.05, 0) is 48.0 Å². The first-order valence-corrected chi connectivity index (χ1v) is 11.0. The number of nitrogens with zero attached hydrogens (tertiary/aromatic N) is 2. The van der Waals surface area contributed by atoms with Crippen molar-refractivity contribution in [2.45, 2.75) is 11.3 Å². The Morgan fingerprint density at radius 2 is 1.50 bits per heavy atom. The molecule has 1 aliphatic heterocycles. The van der Waals surface area contributed by atoms with E-state index in [2.05, 4.69) is 4.74 Å². The lowest BCUT2D eigenvalue weighted by molar-refractivity contribution is -0.274. The summed E-state index contributed by atoms with van der Waals surface area (Å²) in [6, 6.07) is 11.2. The molecule has 0 aliphatic carbocycles. The van der Waals surface area contributed by atoms with E-state index >= 15 is 0 Å². The Morgan fingerprint density at radius 3 is 2.03 bits per heavy atom. The third kappa shape index (κ3) is 6.01. The molecule has 7 nitrogen and oxygen atoms in total. The van der Waals surface area contributed by atoms with Crippen molar-refractivity contribution in [3.63, 3.8) is 0 Å². The molecule has 1 fully saturated rings. The monoisotopic (exact) mass is 470 g/mol. The summed E-state index contributed by atoms with van der Waals surface area (Å²) in [5.74, 6) is -0.0460. The number of sulfonamides is 1. The van der Waals surface area contributed by atoms with Gasteiger partial charge in [0.1, 0.15) is 11.5 Å². The summed E-state index contributed by atoms with van der Waals surface area (Å²) in [4.78, 5) is 13.8. The third-order valence-electron chi connectivity index (χ3n) is 4.78. The molecule has 1 amide bonds. The van der Waals surface area contributed by atoms with Gasteiger partial charge in [0.05, 0.1) is 12.0 Å². The fraction of sp³-hybridized carbons (Fsp3) is 0.286. The van der Waals surface area contributed by atoms with Crippen LogP contribution in [-0.4, -0.2) is 63.2 Å². The lowest BCUT2D eigenvalue weighted by Crippen LogP contribution is -2.50.